The van der Waals surface area contributed by atoms with Gasteiger partial charge in [0.2, 0.25) is 5.91 Å². The van der Waals surface area contributed by atoms with Crippen molar-refractivity contribution in [2.24, 2.45) is 0 Å². The fourth-order valence-corrected chi connectivity index (χ4v) is 2.84. The molecule has 1 aromatic carbocycles. The number of hydrogen-bond donors (Lipinski definition) is 2. The zero-order chi connectivity index (χ0) is 14.9. The van der Waals surface area contributed by atoms with Crippen molar-refractivity contribution in [1.29, 1.82) is 0 Å². The standard InChI is InChI=1S/C17H27N3O/c1-18-11-7-10-17(21)19-16(14-20-12-5-6-13-20)15-8-3-2-4-9-15/h2-4,8-9,16,18H,5-7,10-14H2,1H3,(H,19,21). The first kappa shape index (κ1) is 16.0. The maximum absolute atomic E-state index is 12.1. The van der Waals surface area contributed by atoms with Crippen molar-refractivity contribution in [3.8, 4) is 0 Å². The average Bonchev–Trinajstić information content (AvgIpc) is 3.01. The van der Waals surface area contributed by atoms with Crippen LogP contribution in [0.3, 0.4) is 0 Å². The molecule has 2 rings (SSSR count). The molecule has 1 atom stereocenters. The number of nitrogens with one attached hydrogen (secondary N) is 2. The molecule has 21 heavy (non-hydrogen) atoms. The Hall–Kier alpha value is -1.39. The molecule has 4 nitrogen and oxygen atoms in total. The van der Waals surface area contributed by atoms with Crippen molar-refractivity contribution in [1.82, 2.24) is 15.5 Å². The van der Waals surface area contributed by atoms with Crippen LogP contribution in [-0.2, 0) is 4.79 Å². The van der Waals surface area contributed by atoms with Crippen LogP contribution in [0.5, 0.6) is 0 Å². The van der Waals surface area contributed by atoms with Crippen molar-refractivity contribution in [3.05, 3.63) is 35.9 Å². The summed E-state index contributed by atoms with van der Waals surface area (Å²) in [6, 6.07) is 10.4. The van der Waals surface area contributed by atoms with Gasteiger partial charge in [-0.1, -0.05) is 30.3 Å². The highest BCUT2D eigenvalue weighted by Gasteiger charge is 2.20. The number of carbonyl (C=O) groups is 1. The average molecular weight is 289 g/mol. The van der Waals surface area contributed by atoms with Crippen LogP contribution in [0.2, 0.25) is 0 Å². The van der Waals surface area contributed by atoms with Crippen LogP contribution in [0.25, 0.3) is 0 Å². The number of nitrogens with zero attached hydrogens (tertiary/aromatic N) is 1. The molecule has 0 aromatic heterocycles. The summed E-state index contributed by atoms with van der Waals surface area (Å²) < 4.78 is 0. The fraction of sp³-hybridized carbons (Fsp3) is 0.588. The second kappa shape index (κ2) is 8.80. The molecule has 0 radical (unpaired) electrons. The second-order valence-corrected chi connectivity index (χ2v) is 5.75. The van der Waals surface area contributed by atoms with Gasteiger partial charge in [0.25, 0.3) is 0 Å². The minimum Gasteiger partial charge on any atom is -0.348 e. The Balaban J connectivity index is 1.93. The summed E-state index contributed by atoms with van der Waals surface area (Å²) in [5, 5.41) is 6.29. The minimum atomic E-state index is 0.103. The highest BCUT2D eigenvalue weighted by Crippen LogP contribution is 2.17. The van der Waals surface area contributed by atoms with Crippen LogP contribution in [0, 0.1) is 0 Å². The van der Waals surface area contributed by atoms with Crippen LogP contribution in [0.1, 0.15) is 37.3 Å². The van der Waals surface area contributed by atoms with Gasteiger partial charge in [-0.3, -0.25) is 4.79 Å². The van der Waals surface area contributed by atoms with E-state index >= 15 is 0 Å². The fourth-order valence-electron chi connectivity index (χ4n) is 2.84. The molecule has 0 aliphatic carbocycles. The lowest BCUT2D eigenvalue weighted by Crippen LogP contribution is -2.37. The number of carbonyl (C=O) groups excluding carboxylic acids is 1. The summed E-state index contributed by atoms with van der Waals surface area (Å²) in [6.07, 6.45) is 4.02. The number of benzene rings is 1. The maximum Gasteiger partial charge on any atom is 0.220 e. The molecule has 116 valence electrons. The quantitative estimate of drug-likeness (QED) is 0.719. The third-order valence-electron chi connectivity index (χ3n) is 4.01. The molecule has 1 fully saturated rings. The molecule has 1 heterocycles. The molecular weight excluding hydrogens is 262 g/mol. The van der Waals surface area contributed by atoms with Crippen LogP contribution >= 0.6 is 0 Å². The molecule has 0 saturated carbocycles. The first-order valence-corrected chi connectivity index (χ1v) is 8.01. The Morgan fingerprint density at radius 2 is 1.95 bits per heavy atom. The zero-order valence-electron chi connectivity index (χ0n) is 13.0. The summed E-state index contributed by atoms with van der Waals surface area (Å²) in [5.41, 5.74) is 1.20. The van der Waals surface area contributed by atoms with Gasteiger partial charge in [0.05, 0.1) is 6.04 Å². The lowest BCUT2D eigenvalue weighted by atomic mass is 10.1. The molecule has 0 spiro atoms. The van der Waals surface area contributed by atoms with E-state index in [1.54, 1.807) is 0 Å². The lowest BCUT2D eigenvalue weighted by Gasteiger charge is -2.25. The van der Waals surface area contributed by atoms with E-state index in [9.17, 15) is 4.79 Å². The first-order chi connectivity index (χ1) is 10.3. The number of amides is 1. The van der Waals surface area contributed by atoms with Crippen LogP contribution in [-0.4, -0.2) is 44.0 Å². The van der Waals surface area contributed by atoms with Crippen molar-refractivity contribution in [2.45, 2.75) is 31.7 Å². The molecule has 1 aliphatic heterocycles. The van der Waals surface area contributed by atoms with Gasteiger partial charge in [-0.25, -0.2) is 0 Å². The van der Waals surface area contributed by atoms with Gasteiger partial charge in [-0.2, -0.15) is 0 Å². The normalized spacial score (nSPS) is 16.8. The van der Waals surface area contributed by atoms with Gasteiger partial charge in [0.15, 0.2) is 0 Å². The second-order valence-electron chi connectivity index (χ2n) is 5.75. The van der Waals surface area contributed by atoms with E-state index in [2.05, 4.69) is 27.7 Å². The SMILES string of the molecule is CNCCCC(=O)NC(CN1CCCC1)c1ccccc1. The topological polar surface area (TPSA) is 44.4 Å². The van der Waals surface area contributed by atoms with Gasteiger partial charge in [-0.15, -0.1) is 0 Å². The Kier molecular flexibility index (Phi) is 6.70. The van der Waals surface area contributed by atoms with Crippen LogP contribution < -0.4 is 10.6 Å². The van der Waals surface area contributed by atoms with E-state index in [0.717, 1.165) is 32.6 Å². The van der Waals surface area contributed by atoms with Crippen molar-refractivity contribution in [2.75, 3.05) is 33.2 Å². The predicted molar refractivity (Wildman–Crippen MR) is 86.2 cm³/mol. The third-order valence-corrected chi connectivity index (χ3v) is 4.01. The van der Waals surface area contributed by atoms with Crippen molar-refractivity contribution in [3.63, 3.8) is 0 Å². The summed E-state index contributed by atoms with van der Waals surface area (Å²) >= 11 is 0. The van der Waals surface area contributed by atoms with Crippen molar-refractivity contribution < 1.29 is 4.79 Å². The minimum absolute atomic E-state index is 0.103. The summed E-state index contributed by atoms with van der Waals surface area (Å²) in [5.74, 6) is 0.151. The van der Waals surface area contributed by atoms with E-state index in [1.165, 1.54) is 18.4 Å². The number of rotatable bonds is 8. The Labute approximate surface area is 127 Å². The molecule has 1 aliphatic rings. The van der Waals surface area contributed by atoms with Gasteiger partial charge in [0, 0.05) is 13.0 Å². The Bertz CT molecular complexity index is 415. The Morgan fingerprint density at radius 3 is 2.62 bits per heavy atom. The summed E-state index contributed by atoms with van der Waals surface area (Å²) in [6.45, 7) is 4.11. The Morgan fingerprint density at radius 1 is 1.24 bits per heavy atom. The molecule has 1 aromatic rings. The highest BCUT2D eigenvalue weighted by molar-refractivity contribution is 5.76. The van der Waals surface area contributed by atoms with E-state index in [-0.39, 0.29) is 11.9 Å². The molecule has 4 heteroatoms. The summed E-state index contributed by atoms with van der Waals surface area (Å²) in [4.78, 5) is 14.6. The van der Waals surface area contributed by atoms with Crippen LogP contribution in [0.4, 0.5) is 0 Å². The van der Waals surface area contributed by atoms with E-state index in [0.29, 0.717) is 6.42 Å². The monoisotopic (exact) mass is 289 g/mol. The van der Waals surface area contributed by atoms with Gasteiger partial charge < -0.3 is 15.5 Å². The third kappa shape index (κ3) is 5.48. The largest absolute Gasteiger partial charge is 0.348 e. The molecule has 1 saturated heterocycles. The molecule has 1 unspecified atom stereocenters. The summed E-state index contributed by atoms with van der Waals surface area (Å²) in [7, 11) is 1.91. The van der Waals surface area contributed by atoms with Crippen molar-refractivity contribution >= 4 is 5.91 Å². The zero-order valence-corrected chi connectivity index (χ0v) is 13.0. The molecule has 0 bridgehead atoms. The van der Waals surface area contributed by atoms with Gasteiger partial charge >= 0.3 is 0 Å². The molecule has 1 amide bonds. The maximum atomic E-state index is 12.1. The van der Waals surface area contributed by atoms with E-state index < -0.39 is 0 Å². The lowest BCUT2D eigenvalue weighted by molar-refractivity contribution is -0.122. The number of hydrogen-bond acceptors (Lipinski definition) is 3. The highest BCUT2D eigenvalue weighted by atomic mass is 16.1. The molecule has 2 N–H and O–H groups in total. The van der Waals surface area contributed by atoms with Gasteiger partial charge in [0.1, 0.15) is 0 Å². The van der Waals surface area contributed by atoms with E-state index in [1.807, 2.05) is 25.2 Å². The first-order valence-electron chi connectivity index (χ1n) is 8.01. The predicted octanol–water partition coefficient (Wildman–Crippen LogP) is 1.94. The smallest absolute Gasteiger partial charge is 0.220 e. The molecular formula is C17H27N3O. The number of likely N-dealkylation sites (tertiary alicyclic amines) is 1. The van der Waals surface area contributed by atoms with E-state index in [4.69, 9.17) is 0 Å². The van der Waals surface area contributed by atoms with Crippen LogP contribution in [0.15, 0.2) is 30.3 Å². The van der Waals surface area contributed by atoms with Gasteiger partial charge in [-0.05, 0) is 51.5 Å².